The van der Waals surface area contributed by atoms with Crippen molar-refractivity contribution in [3.05, 3.63) is 53.3 Å². The second kappa shape index (κ2) is 11.7. The SMILES string of the molecule is CC1(C)CCCCC1.COc1cc2nc(Cc3ccc(OC(F)(F)F)cc3)[nH]c2cc1CCC(=O)O. The highest BCUT2D eigenvalue weighted by atomic mass is 19.4. The summed E-state index contributed by atoms with van der Waals surface area (Å²) in [5, 5.41) is 8.87. The Balaban J connectivity index is 0.000000383. The zero-order valence-corrected chi connectivity index (χ0v) is 20.9. The number of hydrogen-bond acceptors (Lipinski definition) is 4. The Morgan fingerprint density at radius 2 is 1.78 bits per heavy atom. The normalized spacial score (nSPS) is 15.2. The predicted octanol–water partition coefficient (Wildman–Crippen LogP) is 7.05. The number of rotatable bonds is 7. The van der Waals surface area contributed by atoms with Gasteiger partial charge in [0, 0.05) is 18.9 Å². The number of methoxy groups -OCH3 is 1. The third-order valence-electron chi connectivity index (χ3n) is 6.28. The number of hydrogen-bond donors (Lipinski definition) is 2. The Labute approximate surface area is 208 Å². The van der Waals surface area contributed by atoms with Gasteiger partial charge in [-0.2, -0.15) is 0 Å². The van der Waals surface area contributed by atoms with Gasteiger partial charge in [0.05, 0.1) is 18.1 Å². The number of aromatic nitrogens is 2. The van der Waals surface area contributed by atoms with Crippen LogP contribution in [0.5, 0.6) is 11.5 Å². The molecule has 1 aromatic heterocycles. The number of carbonyl (C=O) groups is 1. The molecule has 1 heterocycles. The van der Waals surface area contributed by atoms with Crippen LogP contribution < -0.4 is 9.47 Å². The minimum Gasteiger partial charge on any atom is -0.496 e. The van der Waals surface area contributed by atoms with Gasteiger partial charge in [-0.3, -0.25) is 4.79 Å². The highest BCUT2D eigenvalue weighted by molar-refractivity contribution is 5.79. The summed E-state index contributed by atoms with van der Waals surface area (Å²) in [5.41, 5.74) is 3.57. The molecule has 1 fully saturated rings. The summed E-state index contributed by atoms with van der Waals surface area (Å²) in [6, 6.07) is 9.10. The summed E-state index contributed by atoms with van der Waals surface area (Å²) in [4.78, 5) is 18.4. The topological polar surface area (TPSA) is 84.4 Å². The first-order valence-corrected chi connectivity index (χ1v) is 12.1. The quantitative estimate of drug-likeness (QED) is 0.359. The lowest BCUT2D eigenvalue weighted by Gasteiger charge is -2.28. The Morgan fingerprint density at radius 1 is 1.11 bits per heavy atom. The molecule has 0 spiro atoms. The standard InChI is InChI=1S/C19H17F3N2O4.C8H16/c1-27-16-10-15-14(9-12(16)4-7-18(25)26)23-17(24-15)8-11-2-5-13(6-3-11)28-19(20,21)22;1-8(2)6-4-3-5-7-8/h2-3,5-6,9-10H,4,7-8H2,1H3,(H,23,24)(H,25,26);3-7H2,1-2H3. The van der Waals surface area contributed by atoms with E-state index in [1.165, 1.54) is 63.5 Å². The monoisotopic (exact) mass is 506 g/mol. The van der Waals surface area contributed by atoms with Gasteiger partial charge in [-0.25, -0.2) is 4.98 Å². The molecule has 0 atom stereocenters. The number of aryl methyl sites for hydroxylation is 1. The van der Waals surface area contributed by atoms with E-state index in [1.54, 1.807) is 12.1 Å². The number of H-pyrrole nitrogens is 1. The molecule has 6 nitrogen and oxygen atoms in total. The molecule has 0 unspecified atom stereocenters. The van der Waals surface area contributed by atoms with E-state index in [2.05, 4.69) is 28.6 Å². The van der Waals surface area contributed by atoms with Crippen molar-refractivity contribution in [1.29, 1.82) is 0 Å². The smallest absolute Gasteiger partial charge is 0.496 e. The van der Waals surface area contributed by atoms with Crippen LogP contribution in [0.15, 0.2) is 36.4 Å². The molecule has 4 rings (SSSR count). The fourth-order valence-corrected chi connectivity index (χ4v) is 4.36. The number of halogens is 3. The molecule has 0 saturated heterocycles. The molecule has 1 aliphatic carbocycles. The fourth-order valence-electron chi connectivity index (χ4n) is 4.36. The number of nitrogens with one attached hydrogen (secondary N) is 1. The van der Waals surface area contributed by atoms with E-state index >= 15 is 0 Å². The lowest BCUT2D eigenvalue weighted by molar-refractivity contribution is -0.274. The number of benzene rings is 2. The van der Waals surface area contributed by atoms with Crippen molar-refractivity contribution in [2.24, 2.45) is 5.41 Å². The predicted molar refractivity (Wildman–Crippen MR) is 131 cm³/mol. The minimum atomic E-state index is -4.72. The first-order valence-electron chi connectivity index (χ1n) is 12.1. The molecule has 0 aliphatic heterocycles. The summed E-state index contributed by atoms with van der Waals surface area (Å²) in [6.45, 7) is 4.76. The summed E-state index contributed by atoms with van der Waals surface area (Å²) in [6.07, 6.45) is 3.27. The number of nitrogens with zero attached hydrogens (tertiary/aromatic N) is 1. The van der Waals surface area contributed by atoms with Gasteiger partial charge in [0.1, 0.15) is 17.3 Å². The largest absolute Gasteiger partial charge is 0.573 e. The van der Waals surface area contributed by atoms with Crippen LogP contribution in [0.3, 0.4) is 0 Å². The Hall–Kier alpha value is -3.23. The van der Waals surface area contributed by atoms with Crippen LogP contribution >= 0.6 is 0 Å². The molecule has 1 aliphatic rings. The van der Waals surface area contributed by atoms with Crippen LogP contribution in [-0.4, -0.2) is 34.5 Å². The van der Waals surface area contributed by atoms with E-state index in [4.69, 9.17) is 9.84 Å². The molecule has 36 heavy (non-hydrogen) atoms. The van der Waals surface area contributed by atoms with Crippen molar-refractivity contribution < 1.29 is 32.5 Å². The maximum atomic E-state index is 12.2. The first-order chi connectivity index (χ1) is 16.9. The molecule has 2 aromatic carbocycles. The van der Waals surface area contributed by atoms with Gasteiger partial charge in [-0.05, 0) is 54.0 Å². The van der Waals surface area contributed by atoms with Crippen LogP contribution in [0.25, 0.3) is 11.0 Å². The maximum absolute atomic E-state index is 12.2. The highest BCUT2D eigenvalue weighted by Crippen LogP contribution is 2.34. The second-order valence-corrected chi connectivity index (χ2v) is 9.85. The van der Waals surface area contributed by atoms with Gasteiger partial charge < -0.3 is 19.6 Å². The lowest BCUT2D eigenvalue weighted by Crippen LogP contribution is -2.17. The molecule has 196 valence electrons. The summed E-state index contributed by atoms with van der Waals surface area (Å²) >= 11 is 0. The average molecular weight is 507 g/mol. The molecule has 2 N–H and O–H groups in total. The van der Waals surface area contributed by atoms with Gasteiger partial charge in [0.2, 0.25) is 0 Å². The number of aromatic amines is 1. The lowest BCUT2D eigenvalue weighted by atomic mass is 9.78. The van der Waals surface area contributed by atoms with E-state index in [0.29, 0.717) is 35.3 Å². The molecule has 0 bridgehead atoms. The van der Waals surface area contributed by atoms with Crippen LogP contribution in [0.2, 0.25) is 0 Å². The fraction of sp³-hybridized carbons (Fsp3) is 0.481. The van der Waals surface area contributed by atoms with Gasteiger partial charge in [-0.1, -0.05) is 45.2 Å². The summed E-state index contributed by atoms with van der Waals surface area (Å²) in [7, 11) is 1.50. The van der Waals surface area contributed by atoms with E-state index in [-0.39, 0.29) is 12.2 Å². The third-order valence-corrected chi connectivity index (χ3v) is 6.28. The Kier molecular flexibility index (Phi) is 8.87. The summed E-state index contributed by atoms with van der Waals surface area (Å²) < 4.78 is 45.8. The number of carboxylic acids is 1. The maximum Gasteiger partial charge on any atom is 0.573 e. The van der Waals surface area contributed by atoms with E-state index in [0.717, 1.165) is 16.6 Å². The highest BCUT2D eigenvalue weighted by Gasteiger charge is 2.31. The van der Waals surface area contributed by atoms with Crippen molar-refractivity contribution in [3.8, 4) is 11.5 Å². The van der Waals surface area contributed by atoms with Crippen LogP contribution in [0, 0.1) is 5.41 Å². The van der Waals surface area contributed by atoms with Crippen molar-refractivity contribution in [1.82, 2.24) is 9.97 Å². The van der Waals surface area contributed by atoms with Crippen LogP contribution in [-0.2, 0) is 17.6 Å². The van der Waals surface area contributed by atoms with Gasteiger partial charge in [0.15, 0.2) is 0 Å². The zero-order valence-electron chi connectivity index (χ0n) is 20.9. The number of carboxylic acid groups (broad SMARTS) is 1. The number of fused-ring (bicyclic) bond motifs is 1. The number of aliphatic carboxylic acids is 1. The Bertz CT molecular complexity index is 1150. The summed E-state index contributed by atoms with van der Waals surface area (Å²) in [5.74, 6) is -0.00329. The second-order valence-electron chi connectivity index (χ2n) is 9.85. The van der Waals surface area contributed by atoms with Crippen molar-refractivity contribution in [2.75, 3.05) is 7.11 Å². The molecule has 0 amide bonds. The molecular formula is C27H33F3N2O4. The number of imidazole rings is 1. The van der Waals surface area contributed by atoms with Crippen molar-refractivity contribution in [3.63, 3.8) is 0 Å². The number of ether oxygens (including phenoxy) is 2. The molecule has 0 radical (unpaired) electrons. The molecule has 9 heteroatoms. The first kappa shape index (κ1) is 27.4. The van der Waals surface area contributed by atoms with E-state index < -0.39 is 12.3 Å². The molecule has 3 aromatic rings. The van der Waals surface area contributed by atoms with Gasteiger partial charge in [0.25, 0.3) is 0 Å². The van der Waals surface area contributed by atoms with Gasteiger partial charge in [-0.15, -0.1) is 13.2 Å². The molecule has 1 saturated carbocycles. The Morgan fingerprint density at radius 3 is 2.31 bits per heavy atom. The van der Waals surface area contributed by atoms with Crippen LogP contribution in [0.4, 0.5) is 13.2 Å². The zero-order chi connectivity index (χ0) is 26.3. The molecular weight excluding hydrogens is 473 g/mol. The minimum absolute atomic E-state index is 0.0186. The van der Waals surface area contributed by atoms with Gasteiger partial charge >= 0.3 is 12.3 Å². The van der Waals surface area contributed by atoms with E-state index in [9.17, 15) is 18.0 Å². The number of alkyl halides is 3. The van der Waals surface area contributed by atoms with E-state index in [1.807, 2.05) is 0 Å². The average Bonchev–Trinajstić information content (AvgIpc) is 3.18. The van der Waals surface area contributed by atoms with Crippen molar-refractivity contribution in [2.45, 2.75) is 71.6 Å². The van der Waals surface area contributed by atoms with Crippen LogP contribution in [0.1, 0.15) is 69.3 Å². The van der Waals surface area contributed by atoms with Crippen molar-refractivity contribution >= 4 is 17.0 Å². The third kappa shape index (κ3) is 8.46.